The number of nitrogens with zero attached hydrogens (tertiary/aromatic N) is 1. The molecular formula is C22H20ClNO4S. The first-order chi connectivity index (χ1) is 14.0. The average molecular weight is 430 g/mol. The number of rotatable bonds is 8. The molecule has 3 rings (SSSR count). The Morgan fingerprint density at radius 3 is 2.66 bits per heavy atom. The zero-order valence-corrected chi connectivity index (χ0v) is 17.5. The van der Waals surface area contributed by atoms with Crippen molar-refractivity contribution in [3.05, 3.63) is 76.2 Å². The molecule has 1 heterocycles. The number of carbonyl (C=O) groups excluding carboxylic acids is 2. The minimum atomic E-state index is -0.343. The number of ether oxygens (including phenoxy) is 2. The number of hydrogen-bond acceptors (Lipinski definition) is 5. The van der Waals surface area contributed by atoms with Crippen molar-refractivity contribution in [3.63, 3.8) is 0 Å². The summed E-state index contributed by atoms with van der Waals surface area (Å²) in [6.07, 6.45) is 3.33. The summed E-state index contributed by atoms with van der Waals surface area (Å²) < 4.78 is 11.2. The second-order valence-corrected chi connectivity index (χ2v) is 7.50. The number of carbonyl (C=O) groups is 2. The fourth-order valence-corrected chi connectivity index (χ4v) is 3.77. The van der Waals surface area contributed by atoms with Crippen molar-refractivity contribution in [2.75, 3.05) is 13.2 Å². The first kappa shape index (κ1) is 21.0. The second kappa shape index (κ2) is 9.67. The molecule has 29 heavy (non-hydrogen) atoms. The van der Waals surface area contributed by atoms with Gasteiger partial charge < -0.3 is 9.47 Å². The minimum absolute atomic E-state index is 0.139. The number of amides is 2. The van der Waals surface area contributed by atoms with Gasteiger partial charge in [-0.2, -0.15) is 0 Å². The molecule has 0 aromatic heterocycles. The van der Waals surface area contributed by atoms with E-state index in [0.717, 1.165) is 22.9 Å². The Morgan fingerprint density at radius 2 is 1.93 bits per heavy atom. The van der Waals surface area contributed by atoms with Crippen LogP contribution in [-0.2, 0) is 11.3 Å². The monoisotopic (exact) mass is 429 g/mol. The summed E-state index contributed by atoms with van der Waals surface area (Å²) in [5.74, 6) is 0.819. The van der Waals surface area contributed by atoms with Crippen molar-refractivity contribution in [1.82, 2.24) is 4.90 Å². The van der Waals surface area contributed by atoms with E-state index in [0.29, 0.717) is 34.6 Å². The summed E-state index contributed by atoms with van der Waals surface area (Å²) in [4.78, 5) is 26.7. The summed E-state index contributed by atoms with van der Waals surface area (Å²) >= 11 is 7.07. The molecule has 0 aliphatic carbocycles. The van der Waals surface area contributed by atoms with Crippen molar-refractivity contribution in [2.24, 2.45) is 0 Å². The van der Waals surface area contributed by atoms with Gasteiger partial charge in [-0.3, -0.25) is 14.5 Å². The topological polar surface area (TPSA) is 55.8 Å². The van der Waals surface area contributed by atoms with E-state index in [1.165, 1.54) is 4.90 Å². The third kappa shape index (κ3) is 5.02. The van der Waals surface area contributed by atoms with Gasteiger partial charge in [0.25, 0.3) is 11.1 Å². The van der Waals surface area contributed by atoms with Crippen molar-refractivity contribution >= 4 is 40.6 Å². The molecule has 0 bridgehead atoms. The molecule has 0 unspecified atom stereocenters. The Balaban J connectivity index is 1.82. The maximum atomic E-state index is 12.8. The number of hydrogen-bond donors (Lipinski definition) is 0. The van der Waals surface area contributed by atoms with Crippen LogP contribution in [-0.4, -0.2) is 29.3 Å². The maximum absolute atomic E-state index is 12.8. The molecule has 2 amide bonds. The summed E-state index contributed by atoms with van der Waals surface area (Å²) in [6, 6.07) is 12.5. The molecule has 2 aromatic rings. The van der Waals surface area contributed by atoms with Gasteiger partial charge in [0.2, 0.25) is 0 Å². The van der Waals surface area contributed by atoms with Gasteiger partial charge in [0.15, 0.2) is 11.5 Å². The van der Waals surface area contributed by atoms with Crippen molar-refractivity contribution < 1.29 is 19.1 Å². The first-order valence-electron chi connectivity index (χ1n) is 9.02. The highest BCUT2D eigenvalue weighted by atomic mass is 35.5. The van der Waals surface area contributed by atoms with Gasteiger partial charge >= 0.3 is 0 Å². The molecular weight excluding hydrogens is 410 g/mol. The van der Waals surface area contributed by atoms with E-state index in [4.69, 9.17) is 21.1 Å². The zero-order chi connectivity index (χ0) is 20.8. The lowest BCUT2D eigenvalue weighted by molar-refractivity contribution is -0.123. The van der Waals surface area contributed by atoms with Gasteiger partial charge in [0.1, 0.15) is 6.61 Å². The highest BCUT2D eigenvalue weighted by molar-refractivity contribution is 8.18. The molecule has 2 aromatic carbocycles. The zero-order valence-electron chi connectivity index (χ0n) is 15.9. The molecule has 1 saturated heterocycles. The lowest BCUT2D eigenvalue weighted by Gasteiger charge is -2.13. The summed E-state index contributed by atoms with van der Waals surface area (Å²) in [6.45, 7) is 6.49. The van der Waals surface area contributed by atoms with Crippen molar-refractivity contribution in [2.45, 2.75) is 13.5 Å². The summed E-state index contributed by atoms with van der Waals surface area (Å²) in [5.41, 5.74) is 1.46. The van der Waals surface area contributed by atoms with E-state index in [1.54, 1.807) is 42.5 Å². The van der Waals surface area contributed by atoms with Crippen LogP contribution < -0.4 is 9.47 Å². The quantitative estimate of drug-likeness (QED) is 0.407. The normalized spacial score (nSPS) is 15.1. The molecule has 1 aliphatic heterocycles. The Hall–Kier alpha value is -2.70. The van der Waals surface area contributed by atoms with E-state index < -0.39 is 0 Å². The van der Waals surface area contributed by atoms with Crippen LogP contribution in [0.2, 0.25) is 5.02 Å². The molecule has 0 radical (unpaired) electrons. The van der Waals surface area contributed by atoms with Crippen molar-refractivity contribution in [3.8, 4) is 11.5 Å². The summed E-state index contributed by atoms with van der Waals surface area (Å²) in [5, 5.41) is 0.198. The van der Waals surface area contributed by atoms with E-state index in [9.17, 15) is 9.59 Å². The number of imide groups is 1. The number of benzene rings is 2. The smallest absolute Gasteiger partial charge is 0.293 e. The van der Waals surface area contributed by atoms with E-state index in [-0.39, 0.29) is 17.7 Å². The third-order valence-corrected chi connectivity index (χ3v) is 5.36. The van der Waals surface area contributed by atoms with Crippen LogP contribution >= 0.6 is 23.4 Å². The largest absolute Gasteiger partial charge is 0.490 e. The third-order valence-electron chi connectivity index (χ3n) is 4.08. The molecule has 1 fully saturated rings. The van der Waals surface area contributed by atoms with Crippen molar-refractivity contribution in [1.29, 1.82) is 0 Å². The highest BCUT2D eigenvalue weighted by Gasteiger charge is 2.35. The lowest BCUT2D eigenvalue weighted by atomic mass is 10.1. The molecule has 0 spiro atoms. The van der Waals surface area contributed by atoms with Gasteiger partial charge in [-0.15, -0.1) is 0 Å². The van der Waals surface area contributed by atoms with E-state index in [2.05, 4.69) is 6.58 Å². The Kier molecular flexibility index (Phi) is 7.01. The minimum Gasteiger partial charge on any atom is -0.490 e. The fourth-order valence-electron chi connectivity index (χ4n) is 2.74. The Morgan fingerprint density at radius 1 is 1.14 bits per heavy atom. The van der Waals surface area contributed by atoms with Crippen LogP contribution in [0.15, 0.2) is 60.0 Å². The molecule has 150 valence electrons. The van der Waals surface area contributed by atoms with Crippen LogP contribution in [0.5, 0.6) is 11.5 Å². The number of thioether (sulfide) groups is 1. The first-order valence-corrected chi connectivity index (χ1v) is 10.2. The lowest BCUT2D eigenvalue weighted by Crippen LogP contribution is -2.27. The molecule has 0 N–H and O–H groups in total. The Bertz CT molecular complexity index is 973. The van der Waals surface area contributed by atoms with Gasteiger partial charge in [0, 0.05) is 5.02 Å². The van der Waals surface area contributed by atoms with Gasteiger partial charge in [-0.25, -0.2) is 0 Å². The van der Waals surface area contributed by atoms with Crippen LogP contribution in [0.25, 0.3) is 6.08 Å². The van der Waals surface area contributed by atoms with Gasteiger partial charge in [0.05, 0.1) is 18.1 Å². The predicted molar refractivity (Wildman–Crippen MR) is 116 cm³/mol. The van der Waals surface area contributed by atoms with Crippen LogP contribution in [0.1, 0.15) is 18.1 Å². The molecule has 0 saturated carbocycles. The van der Waals surface area contributed by atoms with E-state index in [1.807, 2.05) is 19.1 Å². The summed E-state index contributed by atoms with van der Waals surface area (Å²) in [7, 11) is 0. The maximum Gasteiger partial charge on any atom is 0.293 e. The average Bonchev–Trinajstić information content (AvgIpc) is 2.96. The standard InChI is InChI=1S/C22H20ClNO4S/c1-3-11-28-18-10-9-15(12-19(18)27-4-2)13-20-21(25)24(22(26)29-20)14-16-7-5-6-8-17(16)23/h3,5-10,12-13H,1,4,11,14H2,2H3/b20-13-. The fraction of sp³-hybridized carbons (Fsp3) is 0.182. The molecule has 5 nitrogen and oxygen atoms in total. The van der Waals surface area contributed by atoms with Gasteiger partial charge in [-0.05, 0) is 54.1 Å². The van der Waals surface area contributed by atoms with Crippen LogP contribution in [0, 0.1) is 0 Å². The molecule has 0 atom stereocenters. The number of halogens is 1. The second-order valence-electron chi connectivity index (χ2n) is 6.10. The van der Waals surface area contributed by atoms with E-state index >= 15 is 0 Å². The SMILES string of the molecule is C=CCOc1ccc(/C=C2\SC(=O)N(Cc3ccccc3Cl)C2=O)cc1OCC. The predicted octanol–water partition coefficient (Wildman–Crippen LogP) is 5.54. The Labute approximate surface area is 178 Å². The highest BCUT2D eigenvalue weighted by Crippen LogP contribution is 2.36. The molecule has 1 aliphatic rings. The molecule has 7 heteroatoms. The van der Waals surface area contributed by atoms with Crippen LogP contribution in [0.4, 0.5) is 4.79 Å². The van der Waals surface area contributed by atoms with Gasteiger partial charge in [-0.1, -0.05) is 48.5 Å². The van der Waals surface area contributed by atoms with Crippen LogP contribution in [0.3, 0.4) is 0 Å².